The van der Waals surface area contributed by atoms with Crippen molar-refractivity contribution >= 4 is 22.7 Å². The average Bonchev–Trinajstić information content (AvgIpc) is 2.85. The molecule has 1 aromatic rings. The van der Waals surface area contributed by atoms with E-state index >= 15 is 0 Å². The van der Waals surface area contributed by atoms with Gasteiger partial charge in [0.25, 0.3) is 0 Å². The summed E-state index contributed by atoms with van der Waals surface area (Å²) in [7, 11) is 0. The van der Waals surface area contributed by atoms with E-state index in [1.165, 1.54) is 26.5 Å². The standard InChI is InChI=1S/C15H10S/c1-2-6-11-10(5-1)9-13-12-7-3-4-8-14(12)16-15(11)13/h1-9,14H. The smallest absolute Gasteiger partial charge is 0.0534 e. The van der Waals surface area contributed by atoms with E-state index < -0.39 is 0 Å². The van der Waals surface area contributed by atoms with Gasteiger partial charge < -0.3 is 0 Å². The quantitative estimate of drug-likeness (QED) is 0.648. The number of allylic oxidation sites excluding steroid dienone is 3. The van der Waals surface area contributed by atoms with Gasteiger partial charge in [-0.2, -0.15) is 0 Å². The second-order valence-electron chi connectivity index (χ2n) is 4.21. The molecule has 1 atom stereocenters. The second-order valence-corrected chi connectivity index (χ2v) is 5.36. The van der Waals surface area contributed by atoms with Gasteiger partial charge in [0.15, 0.2) is 0 Å². The van der Waals surface area contributed by atoms with Crippen LogP contribution in [0.4, 0.5) is 0 Å². The van der Waals surface area contributed by atoms with Crippen LogP contribution in [0.3, 0.4) is 0 Å². The number of hydrogen-bond donors (Lipinski definition) is 0. The van der Waals surface area contributed by atoms with Crippen molar-refractivity contribution in [2.75, 3.05) is 0 Å². The van der Waals surface area contributed by atoms with Crippen LogP contribution < -0.4 is 10.4 Å². The topological polar surface area (TPSA) is 0 Å². The van der Waals surface area contributed by atoms with E-state index in [4.69, 9.17) is 0 Å². The van der Waals surface area contributed by atoms with Crippen molar-refractivity contribution in [2.45, 2.75) is 5.25 Å². The predicted molar refractivity (Wildman–Crippen MR) is 70.3 cm³/mol. The number of benzene rings is 1. The fourth-order valence-electron chi connectivity index (χ4n) is 2.53. The Bertz CT molecular complexity index is 686. The molecule has 0 bridgehead atoms. The summed E-state index contributed by atoms with van der Waals surface area (Å²) >= 11 is 1.98. The first-order chi connectivity index (χ1) is 7.93. The van der Waals surface area contributed by atoms with Crippen LogP contribution in [0, 0.1) is 0 Å². The minimum Gasteiger partial charge on any atom is -0.112 e. The number of thioether (sulfide) groups is 1. The lowest BCUT2D eigenvalue weighted by Gasteiger charge is -2.08. The van der Waals surface area contributed by atoms with Crippen LogP contribution in [-0.4, -0.2) is 5.25 Å². The minimum absolute atomic E-state index is 0.541. The Morgan fingerprint density at radius 2 is 2.00 bits per heavy atom. The van der Waals surface area contributed by atoms with E-state index in [2.05, 4.69) is 54.6 Å². The lowest BCUT2D eigenvalue weighted by atomic mass is 10.0. The molecule has 0 amide bonds. The third-order valence-electron chi connectivity index (χ3n) is 3.29. The molecule has 0 radical (unpaired) electrons. The van der Waals surface area contributed by atoms with Crippen LogP contribution >= 0.6 is 11.8 Å². The highest BCUT2D eigenvalue weighted by Gasteiger charge is 2.29. The van der Waals surface area contributed by atoms with Gasteiger partial charge in [0.2, 0.25) is 0 Å². The van der Waals surface area contributed by atoms with E-state index in [1.54, 1.807) is 0 Å². The summed E-state index contributed by atoms with van der Waals surface area (Å²) in [6.07, 6.45) is 11.2. The van der Waals surface area contributed by atoms with Crippen LogP contribution in [0.5, 0.6) is 0 Å². The Morgan fingerprint density at radius 3 is 3.00 bits per heavy atom. The molecule has 2 aliphatic carbocycles. The third-order valence-corrected chi connectivity index (χ3v) is 4.63. The van der Waals surface area contributed by atoms with Crippen LogP contribution in [0.1, 0.15) is 0 Å². The molecule has 1 unspecified atom stereocenters. The van der Waals surface area contributed by atoms with Crippen LogP contribution in [0.2, 0.25) is 0 Å². The van der Waals surface area contributed by atoms with Crippen molar-refractivity contribution in [1.82, 2.24) is 0 Å². The average molecular weight is 222 g/mol. The van der Waals surface area contributed by atoms with Crippen LogP contribution in [-0.2, 0) is 0 Å². The van der Waals surface area contributed by atoms with Crippen molar-refractivity contribution in [1.29, 1.82) is 0 Å². The first-order valence-electron chi connectivity index (χ1n) is 5.51. The largest absolute Gasteiger partial charge is 0.112 e. The van der Waals surface area contributed by atoms with Crippen molar-refractivity contribution in [3.63, 3.8) is 0 Å². The zero-order valence-corrected chi connectivity index (χ0v) is 9.50. The zero-order chi connectivity index (χ0) is 10.5. The molecule has 1 heteroatoms. The van der Waals surface area contributed by atoms with Crippen molar-refractivity contribution in [2.24, 2.45) is 0 Å². The Hall–Kier alpha value is -1.47. The molecule has 0 fully saturated rings. The number of fused-ring (bicyclic) bond motifs is 3. The normalized spacial score (nSPS) is 24.2. The molecule has 3 aliphatic rings. The summed E-state index contributed by atoms with van der Waals surface area (Å²) < 4.78 is 0. The molecule has 0 nitrogen and oxygen atoms in total. The van der Waals surface area contributed by atoms with Crippen molar-refractivity contribution in [3.05, 3.63) is 70.2 Å². The van der Waals surface area contributed by atoms with Gasteiger partial charge in [0, 0.05) is 4.91 Å². The van der Waals surface area contributed by atoms with Gasteiger partial charge in [-0.3, -0.25) is 0 Å². The van der Waals surface area contributed by atoms with E-state index in [9.17, 15) is 0 Å². The van der Waals surface area contributed by atoms with Gasteiger partial charge in [0.05, 0.1) is 5.25 Å². The summed E-state index contributed by atoms with van der Waals surface area (Å²) in [4.78, 5) is 1.46. The van der Waals surface area contributed by atoms with Crippen molar-refractivity contribution in [3.8, 4) is 0 Å². The predicted octanol–water partition coefficient (Wildman–Crippen LogP) is 2.13. The van der Waals surface area contributed by atoms with Crippen molar-refractivity contribution < 1.29 is 0 Å². The molecule has 0 aromatic heterocycles. The maximum atomic E-state index is 2.33. The lowest BCUT2D eigenvalue weighted by Crippen LogP contribution is -2.21. The molecule has 1 heterocycles. The molecular formula is C15H10S. The van der Waals surface area contributed by atoms with E-state index in [0.717, 1.165) is 0 Å². The fourth-order valence-corrected chi connectivity index (χ4v) is 3.91. The SMILES string of the molecule is C1=CC2=C3C=c4ccccc4=C3SC2C=C1. The third kappa shape index (κ3) is 1.01. The maximum Gasteiger partial charge on any atom is 0.0534 e. The Balaban J connectivity index is 2.09. The van der Waals surface area contributed by atoms with Gasteiger partial charge in [-0.25, -0.2) is 0 Å². The fraction of sp³-hybridized carbons (Fsp3) is 0.0667. The Labute approximate surface area is 98.4 Å². The highest BCUT2D eigenvalue weighted by molar-refractivity contribution is 8.09. The maximum absolute atomic E-state index is 2.33. The Morgan fingerprint density at radius 1 is 1.06 bits per heavy atom. The summed E-state index contributed by atoms with van der Waals surface area (Å²) in [5, 5.41) is 3.32. The molecule has 0 saturated heterocycles. The molecule has 4 rings (SSSR count). The summed E-state index contributed by atoms with van der Waals surface area (Å²) in [5.41, 5.74) is 2.91. The highest BCUT2D eigenvalue weighted by atomic mass is 32.2. The minimum atomic E-state index is 0.541. The Kier molecular flexibility index (Phi) is 1.63. The molecule has 16 heavy (non-hydrogen) atoms. The molecule has 0 spiro atoms. The molecule has 1 aliphatic heterocycles. The van der Waals surface area contributed by atoms with Gasteiger partial charge in [-0.15, -0.1) is 11.8 Å². The number of rotatable bonds is 0. The summed E-state index contributed by atoms with van der Waals surface area (Å²) in [6, 6.07) is 8.67. The second kappa shape index (κ2) is 3.02. The van der Waals surface area contributed by atoms with Gasteiger partial charge in [-0.1, -0.05) is 48.6 Å². The monoisotopic (exact) mass is 222 g/mol. The number of hydrogen-bond acceptors (Lipinski definition) is 1. The van der Waals surface area contributed by atoms with Gasteiger partial charge in [-0.05, 0) is 27.7 Å². The first kappa shape index (κ1) is 8.66. The first-order valence-corrected chi connectivity index (χ1v) is 6.38. The molecule has 76 valence electrons. The van der Waals surface area contributed by atoms with E-state index in [1.807, 2.05) is 11.8 Å². The van der Waals surface area contributed by atoms with E-state index in [-0.39, 0.29) is 0 Å². The molecule has 0 N–H and O–H groups in total. The molecule has 1 aromatic carbocycles. The van der Waals surface area contributed by atoms with Crippen LogP contribution in [0.25, 0.3) is 11.0 Å². The van der Waals surface area contributed by atoms with E-state index in [0.29, 0.717) is 5.25 Å². The van der Waals surface area contributed by atoms with Gasteiger partial charge >= 0.3 is 0 Å². The molecular weight excluding hydrogens is 212 g/mol. The zero-order valence-electron chi connectivity index (χ0n) is 8.68. The lowest BCUT2D eigenvalue weighted by molar-refractivity contribution is 1.30. The van der Waals surface area contributed by atoms with Crippen LogP contribution in [0.15, 0.2) is 59.7 Å². The molecule has 0 saturated carbocycles. The summed E-state index contributed by atoms with van der Waals surface area (Å²) in [6.45, 7) is 0. The highest BCUT2D eigenvalue weighted by Crippen LogP contribution is 2.46. The summed E-state index contributed by atoms with van der Waals surface area (Å²) in [5.74, 6) is 0. The van der Waals surface area contributed by atoms with Gasteiger partial charge in [0.1, 0.15) is 0 Å².